The van der Waals surface area contributed by atoms with Gasteiger partial charge in [0, 0.05) is 51.3 Å². The normalized spacial score (nSPS) is 14.5. The molecule has 1 fully saturated rings. The fourth-order valence-electron chi connectivity index (χ4n) is 6.90. The minimum atomic E-state index is -0.135. The Labute approximate surface area is 304 Å². The van der Waals surface area contributed by atoms with E-state index >= 15 is 0 Å². The van der Waals surface area contributed by atoms with Gasteiger partial charge in [0.2, 0.25) is 5.95 Å². The number of anilines is 1. The van der Waals surface area contributed by atoms with Crippen LogP contribution in [0.1, 0.15) is 60.9 Å². The molecule has 50 heavy (non-hydrogen) atoms. The lowest BCUT2D eigenvalue weighted by atomic mass is 9.94. The predicted molar refractivity (Wildman–Crippen MR) is 202 cm³/mol. The number of benzene rings is 3. The molecule has 10 nitrogen and oxygen atoms in total. The molecule has 6 rings (SSSR count). The summed E-state index contributed by atoms with van der Waals surface area (Å²) in [5.41, 5.74) is 5.24. The third-order valence-corrected chi connectivity index (χ3v) is 10.4. The first-order chi connectivity index (χ1) is 24.4. The van der Waals surface area contributed by atoms with E-state index in [1.807, 2.05) is 37.4 Å². The second kappa shape index (κ2) is 16.7. The third kappa shape index (κ3) is 8.25. The number of hydrogen-bond acceptors (Lipinski definition) is 7. The molecular weight excluding hydrogens is 671 g/mol. The van der Waals surface area contributed by atoms with Gasteiger partial charge in [-0.2, -0.15) is 15.4 Å². The van der Waals surface area contributed by atoms with E-state index in [1.54, 1.807) is 24.3 Å². The van der Waals surface area contributed by atoms with E-state index in [-0.39, 0.29) is 11.8 Å². The van der Waals surface area contributed by atoms with Crippen LogP contribution in [-0.2, 0) is 6.54 Å². The van der Waals surface area contributed by atoms with Crippen molar-refractivity contribution in [2.45, 2.75) is 51.5 Å². The van der Waals surface area contributed by atoms with Crippen LogP contribution in [0.4, 0.5) is 5.95 Å². The SMILES string of the molecule is CCCCCn1c(N2CCCN(CCC(CN(C)C(=O)c3cc(-c4cn[nH]n4)ccc3OC)c3ccc(Cl)c(Cl)c3)CC2)nc2ccccc21. The average molecular weight is 718 g/mol. The van der Waals surface area contributed by atoms with Crippen LogP contribution >= 0.6 is 23.2 Å². The average Bonchev–Trinajstić information content (AvgIpc) is 3.74. The van der Waals surface area contributed by atoms with Crippen LogP contribution in [0.5, 0.6) is 5.75 Å². The Morgan fingerprint density at radius 1 is 1.00 bits per heavy atom. The molecule has 1 saturated heterocycles. The van der Waals surface area contributed by atoms with E-state index in [9.17, 15) is 4.79 Å². The van der Waals surface area contributed by atoms with Crippen LogP contribution in [0, 0.1) is 0 Å². The largest absolute Gasteiger partial charge is 0.496 e. The van der Waals surface area contributed by atoms with Gasteiger partial charge in [0.25, 0.3) is 5.91 Å². The lowest BCUT2D eigenvalue weighted by molar-refractivity contribution is 0.0779. The number of unbranched alkanes of at least 4 members (excludes halogenated alkanes) is 2. The number of aromatic amines is 1. The van der Waals surface area contributed by atoms with Gasteiger partial charge < -0.3 is 24.0 Å². The molecule has 5 aromatic rings. The van der Waals surface area contributed by atoms with Crippen LogP contribution in [0.2, 0.25) is 10.0 Å². The number of carbonyl (C=O) groups is 1. The number of aromatic nitrogens is 5. The number of H-pyrrole nitrogens is 1. The number of nitrogens with zero attached hydrogens (tertiary/aromatic N) is 7. The summed E-state index contributed by atoms with van der Waals surface area (Å²) in [6, 6.07) is 19.8. The number of likely N-dealkylation sites (N-methyl/N-ethyl adjacent to an activating group) is 1. The van der Waals surface area contributed by atoms with Crippen molar-refractivity contribution in [1.29, 1.82) is 0 Å². The number of para-hydroxylation sites is 2. The molecule has 0 aliphatic carbocycles. The van der Waals surface area contributed by atoms with E-state index in [2.05, 4.69) is 61.0 Å². The van der Waals surface area contributed by atoms with Gasteiger partial charge in [0.1, 0.15) is 11.4 Å². The third-order valence-electron chi connectivity index (χ3n) is 9.68. The second-order valence-corrected chi connectivity index (χ2v) is 13.9. The molecule has 1 atom stereocenters. The smallest absolute Gasteiger partial charge is 0.257 e. The van der Waals surface area contributed by atoms with Crippen LogP contribution < -0.4 is 9.64 Å². The summed E-state index contributed by atoms with van der Waals surface area (Å²) in [6.07, 6.45) is 7.09. The van der Waals surface area contributed by atoms with Gasteiger partial charge >= 0.3 is 0 Å². The molecule has 3 aromatic carbocycles. The Morgan fingerprint density at radius 2 is 1.86 bits per heavy atom. The highest BCUT2D eigenvalue weighted by atomic mass is 35.5. The van der Waals surface area contributed by atoms with Crippen molar-refractivity contribution in [3.05, 3.63) is 88.0 Å². The Kier molecular flexibility index (Phi) is 11.9. The molecule has 0 saturated carbocycles. The van der Waals surface area contributed by atoms with Crippen LogP contribution in [0.25, 0.3) is 22.3 Å². The van der Waals surface area contributed by atoms with Crippen LogP contribution in [0.15, 0.2) is 66.9 Å². The molecule has 0 bridgehead atoms. The Bertz CT molecular complexity index is 1880. The van der Waals surface area contributed by atoms with Gasteiger partial charge in [-0.25, -0.2) is 4.98 Å². The second-order valence-electron chi connectivity index (χ2n) is 13.1. The van der Waals surface area contributed by atoms with Gasteiger partial charge in [-0.15, -0.1) is 0 Å². The number of aryl methyl sites for hydroxylation is 1. The van der Waals surface area contributed by atoms with Gasteiger partial charge in [-0.3, -0.25) is 4.79 Å². The number of hydrogen-bond donors (Lipinski definition) is 1. The highest BCUT2D eigenvalue weighted by molar-refractivity contribution is 6.42. The van der Waals surface area contributed by atoms with E-state index in [1.165, 1.54) is 18.4 Å². The topological polar surface area (TPSA) is 95.4 Å². The first-order valence-corrected chi connectivity index (χ1v) is 18.3. The minimum Gasteiger partial charge on any atom is -0.496 e. The van der Waals surface area contributed by atoms with Gasteiger partial charge in [-0.1, -0.05) is 61.2 Å². The maximum absolute atomic E-state index is 14.0. The molecule has 1 amide bonds. The highest BCUT2D eigenvalue weighted by Crippen LogP contribution is 2.31. The molecular formula is C38H46Cl2N8O2. The first kappa shape index (κ1) is 35.7. The van der Waals surface area contributed by atoms with Crippen molar-refractivity contribution >= 4 is 46.1 Å². The number of ether oxygens (including phenoxy) is 1. The number of imidazole rings is 1. The summed E-state index contributed by atoms with van der Waals surface area (Å²) >= 11 is 12.8. The summed E-state index contributed by atoms with van der Waals surface area (Å²) < 4.78 is 8.02. The molecule has 3 heterocycles. The molecule has 1 N–H and O–H groups in total. The molecule has 12 heteroatoms. The molecule has 2 aromatic heterocycles. The Morgan fingerprint density at radius 3 is 2.64 bits per heavy atom. The van der Waals surface area contributed by atoms with Gasteiger partial charge in [0.05, 0.1) is 39.9 Å². The fourth-order valence-corrected chi connectivity index (χ4v) is 7.21. The summed E-state index contributed by atoms with van der Waals surface area (Å²) in [5.74, 6) is 1.49. The quantitative estimate of drug-likeness (QED) is 0.117. The maximum atomic E-state index is 14.0. The van der Waals surface area contributed by atoms with Crippen molar-refractivity contribution in [2.24, 2.45) is 0 Å². The van der Waals surface area contributed by atoms with E-state index in [4.69, 9.17) is 32.9 Å². The Hall–Kier alpha value is -4.12. The lowest BCUT2D eigenvalue weighted by Gasteiger charge is -2.28. The number of nitrogens with one attached hydrogen (secondary N) is 1. The van der Waals surface area contributed by atoms with E-state index in [0.29, 0.717) is 33.6 Å². The molecule has 1 aliphatic rings. The van der Waals surface area contributed by atoms with Crippen molar-refractivity contribution in [2.75, 3.05) is 58.3 Å². The minimum absolute atomic E-state index is 0.0329. The number of fused-ring (bicyclic) bond motifs is 1. The van der Waals surface area contributed by atoms with Crippen molar-refractivity contribution < 1.29 is 9.53 Å². The molecule has 1 aliphatic heterocycles. The summed E-state index contributed by atoms with van der Waals surface area (Å²) in [4.78, 5) is 25.9. The van der Waals surface area contributed by atoms with E-state index < -0.39 is 0 Å². The van der Waals surface area contributed by atoms with Crippen molar-refractivity contribution in [1.82, 2.24) is 34.8 Å². The maximum Gasteiger partial charge on any atom is 0.257 e. The number of amides is 1. The molecule has 0 radical (unpaired) electrons. The molecule has 1 unspecified atom stereocenters. The summed E-state index contributed by atoms with van der Waals surface area (Å²) in [7, 11) is 3.41. The number of carbonyl (C=O) groups excluding carboxylic acids is 1. The van der Waals surface area contributed by atoms with Crippen molar-refractivity contribution in [3.63, 3.8) is 0 Å². The zero-order valence-electron chi connectivity index (χ0n) is 29.1. The zero-order chi connectivity index (χ0) is 35.0. The zero-order valence-corrected chi connectivity index (χ0v) is 30.6. The number of methoxy groups -OCH3 is 1. The van der Waals surface area contributed by atoms with Crippen LogP contribution in [-0.4, -0.2) is 94.1 Å². The summed E-state index contributed by atoms with van der Waals surface area (Å²) in [5, 5.41) is 11.8. The molecule has 0 spiro atoms. The van der Waals surface area contributed by atoms with E-state index in [0.717, 1.165) is 81.1 Å². The highest BCUT2D eigenvalue weighted by Gasteiger charge is 2.25. The first-order valence-electron chi connectivity index (χ1n) is 17.5. The van der Waals surface area contributed by atoms with Gasteiger partial charge in [-0.05, 0) is 80.4 Å². The fraction of sp³-hybridized carbons (Fsp3) is 0.421. The monoisotopic (exact) mass is 716 g/mol. The lowest BCUT2D eigenvalue weighted by Crippen LogP contribution is -2.35. The molecule has 264 valence electrons. The van der Waals surface area contributed by atoms with Gasteiger partial charge in [0.15, 0.2) is 0 Å². The number of rotatable bonds is 14. The summed E-state index contributed by atoms with van der Waals surface area (Å²) in [6.45, 7) is 8.43. The standard InChI is InChI=1S/C38H46Cl2N8O2/c1-4-5-8-19-48-35-11-7-6-10-33(35)42-38(48)47-18-9-17-46(21-22-47)20-16-29(27-12-14-31(39)32(40)24-27)26-45(2)37(49)30-23-28(13-15-36(30)50-3)34-25-41-44-43-34/h6-7,10-15,23-25,29H,4-5,8-9,16-22,26H2,1-3H3,(H,41,43,44). The number of halogens is 2. The predicted octanol–water partition coefficient (Wildman–Crippen LogP) is 7.79. The van der Waals surface area contributed by atoms with Crippen LogP contribution in [0.3, 0.4) is 0 Å². The Balaban J connectivity index is 1.16. The van der Waals surface area contributed by atoms with Crippen molar-refractivity contribution in [3.8, 4) is 17.0 Å².